The van der Waals surface area contributed by atoms with Gasteiger partial charge < -0.3 is 0 Å². The molecule has 3 aromatic carbocycles. The molecule has 0 N–H and O–H groups in total. The van der Waals surface area contributed by atoms with E-state index in [1.54, 1.807) is 0 Å². The number of aryl methyl sites for hydroxylation is 4. The molecular formula is C28H26. The van der Waals surface area contributed by atoms with Crippen LogP contribution in [0.5, 0.6) is 0 Å². The lowest BCUT2D eigenvalue weighted by Crippen LogP contribution is -1.95. The molecule has 0 saturated heterocycles. The van der Waals surface area contributed by atoms with Gasteiger partial charge in [0.25, 0.3) is 0 Å². The molecule has 0 aliphatic rings. The van der Waals surface area contributed by atoms with Crippen molar-refractivity contribution >= 4 is 0 Å². The van der Waals surface area contributed by atoms with Crippen molar-refractivity contribution in [1.29, 1.82) is 0 Å². The second-order valence-corrected chi connectivity index (χ2v) is 7.31. The second kappa shape index (κ2) is 9.12. The quantitative estimate of drug-likeness (QED) is 0.465. The Morgan fingerprint density at radius 1 is 0.607 bits per heavy atom. The summed E-state index contributed by atoms with van der Waals surface area (Å²) in [6, 6.07) is 21.1. The Bertz CT molecular complexity index is 1070. The van der Waals surface area contributed by atoms with Crippen LogP contribution in [0, 0.1) is 44.5 Å². The van der Waals surface area contributed by atoms with Crippen molar-refractivity contribution in [3.63, 3.8) is 0 Å². The molecule has 0 radical (unpaired) electrons. The molecule has 0 amide bonds. The smallest absolute Gasteiger partial charge is 0.0311 e. The molecule has 0 bridgehead atoms. The van der Waals surface area contributed by atoms with E-state index in [2.05, 4.69) is 112 Å². The van der Waals surface area contributed by atoms with Gasteiger partial charge in [0.15, 0.2) is 0 Å². The first-order valence-electron chi connectivity index (χ1n) is 9.86. The summed E-state index contributed by atoms with van der Waals surface area (Å²) in [6.45, 7) is 8.53. The van der Waals surface area contributed by atoms with Gasteiger partial charge in [-0.3, -0.25) is 0 Å². The molecule has 0 spiro atoms. The maximum absolute atomic E-state index is 3.41. The Kier molecular flexibility index (Phi) is 6.37. The van der Waals surface area contributed by atoms with Gasteiger partial charge in [-0.1, -0.05) is 72.4 Å². The van der Waals surface area contributed by atoms with Crippen molar-refractivity contribution in [1.82, 2.24) is 0 Å². The van der Waals surface area contributed by atoms with Gasteiger partial charge in [0.05, 0.1) is 0 Å². The van der Waals surface area contributed by atoms with E-state index in [1.807, 2.05) is 0 Å². The Balaban J connectivity index is 1.94. The van der Waals surface area contributed by atoms with E-state index in [0.717, 1.165) is 35.1 Å². The Labute approximate surface area is 169 Å². The third-order valence-electron chi connectivity index (χ3n) is 4.72. The predicted molar refractivity (Wildman–Crippen MR) is 119 cm³/mol. The first-order chi connectivity index (χ1) is 13.5. The third-order valence-corrected chi connectivity index (χ3v) is 4.72. The topological polar surface area (TPSA) is 0 Å². The summed E-state index contributed by atoms with van der Waals surface area (Å²) in [6.07, 6.45) is 2.10. The fraction of sp³-hybridized carbons (Fsp3) is 0.214. The molecule has 0 aliphatic carbocycles. The average molecular weight is 363 g/mol. The molecule has 0 heteroatoms. The van der Waals surface area contributed by atoms with Crippen LogP contribution < -0.4 is 0 Å². The fourth-order valence-electron chi connectivity index (χ4n) is 3.13. The van der Waals surface area contributed by atoms with Crippen LogP contribution in [0.25, 0.3) is 0 Å². The van der Waals surface area contributed by atoms with E-state index < -0.39 is 0 Å². The highest BCUT2D eigenvalue weighted by molar-refractivity contribution is 5.55. The van der Waals surface area contributed by atoms with Crippen molar-refractivity contribution in [3.8, 4) is 23.7 Å². The largest absolute Gasteiger partial charge is 0.0651 e. The van der Waals surface area contributed by atoms with Gasteiger partial charge in [0.2, 0.25) is 0 Å². The highest BCUT2D eigenvalue weighted by Gasteiger charge is 2.05. The van der Waals surface area contributed by atoms with Crippen molar-refractivity contribution in [2.24, 2.45) is 0 Å². The molecule has 0 atom stereocenters. The van der Waals surface area contributed by atoms with E-state index in [0.29, 0.717) is 0 Å². The summed E-state index contributed by atoms with van der Waals surface area (Å²) in [5.74, 6) is 13.3. The zero-order valence-electron chi connectivity index (χ0n) is 17.2. The van der Waals surface area contributed by atoms with Gasteiger partial charge in [-0.2, -0.15) is 0 Å². The van der Waals surface area contributed by atoms with Crippen LogP contribution in [-0.4, -0.2) is 0 Å². The van der Waals surface area contributed by atoms with Gasteiger partial charge in [-0.05, 0) is 74.7 Å². The van der Waals surface area contributed by atoms with Gasteiger partial charge in [-0.25, -0.2) is 0 Å². The molecule has 0 aliphatic heterocycles. The number of benzene rings is 3. The fourth-order valence-corrected chi connectivity index (χ4v) is 3.13. The van der Waals surface area contributed by atoms with Crippen molar-refractivity contribution < 1.29 is 0 Å². The average Bonchev–Trinajstić information content (AvgIpc) is 2.68. The second-order valence-electron chi connectivity index (χ2n) is 7.31. The number of hydrogen-bond donors (Lipinski definition) is 0. The first kappa shape index (κ1) is 19.5. The van der Waals surface area contributed by atoms with Crippen molar-refractivity contribution in [2.75, 3.05) is 0 Å². The highest BCUT2D eigenvalue weighted by atomic mass is 14.1. The minimum atomic E-state index is 1.01. The summed E-state index contributed by atoms with van der Waals surface area (Å²) >= 11 is 0. The standard InChI is InChI=1S/C28H26/c1-5-6-27-20-26(16-15-24-11-7-21(2)8-12-24)19-23(4)28(27)18-17-25-13-9-22(3)10-14-25/h7-14,19-20H,5-6H2,1-4H3. The van der Waals surface area contributed by atoms with Crippen LogP contribution in [0.4, 0.5) is 0 Å². The van der Waals surface area contributed by atoms with Crippen LogP contribution in [0.15, 0.2) is 60.7 Å². The molecule has 0 heterocycles. The number of rotatable bonds is 2. The van der Waals surface area contributed by atoms with Crippen LogP contribution >= 0.6 is 0 Å². The summed E-state index contributed by atoms with van der Waals surface area (Å²) in [5.41, 5.74) is 9.28. The zero-order chi connectivity index (χ0) is 19.9. The van der Waals surface area contributed by atoms with Crippen molar-refractivity contribution in [2.45, 2.75) is 40.5 Å². The summed E-state index contributed by atoms with van der Waals surface area (Å²) in [5, 5.41) is 0. The maximum Gasteiger partial charge on any atom is 0.0311 e. The van der Waals surface area contributed by atoms with Crippen LogP contribution in [0.3, 0.4) is 0 Å². The SMILES string of the molecule is CCCc1cc(C#Cc2ccc(C)cc2)cc(C)c1C#Cc1ccc(C)cc1. The van der Waals surface area contributed by atoms with E-state index in [1.165, 1.54) is 22.3 Å². The maximum atomic E-state index is 3.41. The summed E-state index contributed by atoms with van der Waals surface area (Å²) in [4.78, 5) is 0. The van der Waals surface area contributed by atoms with E-state index >= 15 is 0 Å². The minimum Gasteiger partial charge on any atom is -0.0651 e. The van der Waals surface area contributed by atoms with E-state index in [-0.39, 0.29) is 0 Å². The normalized spacial score (nSPS) is 9.86. The molecule has 3 aromatic rings. The number of hydrogen-bond acceptors (Lipinski definition) is 0. The monoisotopic (exact) mass is 362 g/mol. The Morgan fingerprint density at radius 2 is 1.11 bits per heavy atom. The van der Waals surface area contributed by atoms with Gasteiger partial charge >= 0.3 is 0 Å². The van der Waals surface area contributed by atoms with Gasteiger partial charge in [0, 0.05) is 22.3 Å². The summed E-state index contributed by atoms with van der Waals surface area (Å²) in [7, 11) is 0. The van der Waals surface area contributed by atoms with Gasteiger partial charge in [0.1, 0.15) is 0 Å². The minimum absolute atomic E-state index is 1.01. The molecule has 138 valence electrons. The van der Waals surface area contributed by atoms with Gasteiger partial charge in [-0.15, -0.1) is 0 Å². The molecule has 0 saturated carbocycles. The van der Waals surface area contributed by atoms with Crippen LogP contribution in [0.2, 0.25) is 0 Å². The van der Waals surface area contributed by atoms with E-state index in [4.69, 9.17) is 0 Å². The first-order valence-corrected chi connectivity index (χ1v) is 9.86. The molecule has 3 rings (SSSR count). The Hall–Kier alpha value is -3.22. The van der Waals surface area contributed by atoms with Crippen LogP contribution in [-0.2, 0) is 6.42 Å². The predicted octanol–water partition coefficient (Wildman–Crippen LogP) is 6.36. The van der Waals surface area contributed by atoms with E-state index in [9.17, 15) is 0 Å². The highest BCUT2D eigenvalue weighted by Crippen LogP contribution is 2.18. The zero-order valence-corrected chi connectivity index (χ0v) is 17.2. The lowest BCUT2D eigenvalue weighted by molar-refractivity contribution is 0.916. The molecule has 0 unspecified atom stereocenters. The molecular weight excluding hydrogens is 336 g/mol. The lowest BCUT2D eigenvalue weighted by Gasteiger charge is -2.08. The molecule has 28 heavy (non-hydrogen) atoms. The summed E-state index contributed by atoms with van der Waals surface area (Å²) < 4.78 is 0. The molecule has 0 fully saturated rings. The molecule has 0 aromatic heterocycles. The van der Waals surface area contributed by atoms with Crippen molar-refractivity contribution in [3.05, 3.63) is 105 Å². The van der Waals surface area contributed by atoms with Crippen LogP contribution in [0.1, 0.15) is 57.9 Å². The molecule has 0 nitrogen and oxygen atoms in total. The lowest BCUT2D eigenvalue weighted by atomic mass is 9.95. The third kappa shape index (κ3) is 5.16. The Morgan fingerprint density at radius 3 is 1.64 bits per heavy atom.